The van der Waals surface area contributed by atoms with Crippen LogP contribution in [0.5, 0.6) is 0 Å². The van der Waals surface area contributed by atoms with Crippen LogP contribution in [0.15, 0.2) is 89.4 Å². The van der Waals surface area contributed by atoms with Crippen LogP contribution >= 0.6 is 11.3 Å². The Labute approximate surface area is 224 Å². The van der Waals surface area contributed by atoms with E-state index in [2.05, 4.69) is 21.6 Å². The van der Waals surface area contributed by atoms with Gasteiger partial charge in [-0.15, -0.1) is 11.3 Å². The Bertz CT molecular complexity index is 1600. The van der Waals surface area contributed by atoms with Crippen molar-refractivity contribution in [1.29, 1.82) is 0 Å². The normalized spacial score (nSPS) is 11.7. The summed E-state index contributed by atoms with van der Waals surface area (Å²) in [5, 5.41) is 13.8. The van der Waals surface area contributed by atoms with Gasteiger partial charge in [0.15, 0.2) is 0 Å². The Kier molecular flexibility index (Phi) is 8.10. The van der Waals surface area contributed by atoms with Crippen LogP contribution < -0.4 is 10.6 Å². The van der Waals surface area contributed by atoms with Gasteiger partial charge in [-0.05, 0) is 73.3 Å². The van der Waals surface area contributed by atoms with Crippen LogP contribution in [0.1, 0.15) is 11.1 Å². The lowest BCUT2D eigenvalue weighted by atomic mass is 10.1. The fraction of sp³-hybridized carbons (Fsp3) is 0.111. The molecule has 2 heterocycles. The van der Waals surface area contributed by atoms with E-state index in [4.69, 9.17) is 5.11 Å². The SMILES string of the molecule is CN(C)Cc1cccc(-c2ccc(S(=O)(=O)n3ccc(/C=C/C(=O)Nc4ccccc4NC(=O)O)c3)s2)c1. The van der Waals surface area contributed by atoms with Crippen molar-refractivity contribution in [3.05, 3.63) is 96.3 Å². The molecule has 4 aromatic rings. The number of thiophene rings is 1. The third-order valence-electron chi connectivity index (χ3n) is 5.37. The van der Waals surface area contributed by atoms with Gasteiger partial charge in [-0.1, -0.05) is 30.3 Å². The molecule has 0 fully saturated rings. The summed E-state index contributed by atoms with van der Waals surface area (Å²) in [6.07, 6.45) is 4.32. The topological polar surface area (TPSA) is 121 Å². The second kappa shape index (κ2) is 11.5. The molecule has 38 heavy (non-hydrogen) atoms. The van der Waals surface area contributed by atoms with Gasteiger partial charge in [0.1, 0.15) is 4.21 Å². The highest BCUT2D eigenvalue weighted by atomic mass is 32.2. The van der Waals surface area contributed by atoms with Crippen LogP contribution in [0.4, 0.5) is 16.2 Å². The molecular formula is C27H26N4O5S2. The average Bonchev–Trinajstić information content (AvgIpc) is 3.55. The number of para-hydroxylation sites is 2. The van der Waals surface area contributed by atoms with Crippen molar-refractivity contribution in [2.75, 3.05) is 24.7 Å². The van der Waals surface area contributed by atoms with Crippen molar-refractivity contribution < 1.29 is 23.1 Å². The average molecular weight is 551 g/mol. The maximum atomic E-state index is 13.2. The van der Waals surface area contributed by atoms with Crippen molar-refractivity contribution in [2.24, 2.45) is 0 Å². The first-order valence-corrected chi connectivity index (χ1v) is 13.7. The molecule has 9 nitrogen and oxygen atoms in total. The zero-order chi connectivity index (χ0) is 27.3. The monoisotopic (exact) mass is 550 g/mol. The molecule has 0 unspecified atom stereocenters. The summed E-state index contributed by atoms with van der Waals surface area (Å²) < 4.78 is 27.8. The minimum Gasteiger partial charge on any atom is -0.465 e. The molecule has 0 saturated carbocycles. The molecule has 0 radical (unpaired) electrons. The van der Waals surface area contributed by atoms with E-state index in [1.165, 1.54) is 41.9 Å². The third kappa shape index (κ3) is 6.57. The summed E-state index contributed by atoms with van der Waals surface area (Å²) in [4.78, 5) is 26.2. The van der Waals surface area contributed by atoms with E-state index in [1.54, 1.807) is 36.4 Å². The van der Waals surface area contributed by atoms with Gasteiger partial charge in [-0.25, -0.2) is 8.77 Å². The highest BCUT2D eigenvalue weighted by molar-refractivity contribution is 7.92. The predicted octanol–water partition coefficient (Wildman–Crippen LogP) is 5.26. The molecule has 0 atom stereocenters. The number of hydrogen-bond donors (Lipinski definition) is 3. The van der Waals surface area contributed by atoms with Crippen molar-refractivity contribution in [2.45, 2.75) is 10.8 Å². The van der Waals surface area contributed by atoms with Gasteiger partial charge in [0.05, 0.1) is 11.4 Å². The molecule has 196 valence electrons. The number of rotatable bonds is 9. The Balaban J connectivity index is 1.47. The van der Waals surface area contributed by atoms with E-state index >= 15 is 0 Å². The lowest BCUT2D eigenvalue weighted by molar-refractivity contribution is -0.111. The smallest absolute Gasteiger partial charge is 0.409 e. The number of amides is 2. The van der Waals surface area contributed by atoms with Crippen LogP contribution in [0, 0.1) is 0 Å². The zero-order valence-electron chi connectivity index (χ0n) is 20.7. The quantitative estimate of drug-likeness (QED) is 0.245. The lowest BCUT2D eigenvalue weighted by Gasteiger charge is -2.10. The molecule has 11 heteroatoms. The van der Waals surface area contributed by atoms with Crippen molar-refractivity contribution in [1.82, 2.24) is 8.87 Å². The molecule has 0 aliphatic rings. The van der Waals surface area contributed by atoms with Gasteiger partial charge in [0.25, 0.3) is 10.0 Å². The zero-order valence-corrected chi connectivity index (χ0v) is 22.3. The van der Waals surface area contributed by atoms with Crippen LogP contribution in [-0.4, -0.2) is 48.5 Å². The van der Waals surface area contributed by atoms with Gasteiger partial charge in [0, 0.05) is 29.9 Å². The number of hydrogen-bond acceptors (Lipinski definition) is 6. The van der Waals surface area contributed by atoms with E-state index in [1.807, 2.05) is 32.3 Å². The molecule has 4 rings (SSSR count). The lowest BCUT2D eigenvalue weighted by Crippen LogP contribution is -2.13. The van der Waals surface area contributed by atoms with Gasteiger partial charge in [-0.3, -0.25) is 10.1 Å². The molecule has 0 aliphatic heterocycles. The summed E-state index contributed by atoms with van der Waals surface area (Å²) in [5.41, 5.74) is 3.13. The molecule has 2 aromatic heterocycles. The van der Waals surface area contributed by atoms with E-state index in [0.717, 1.165) is 26.5 Å². The van der Waals surface area contributed by atoms with E-state index in [-0.39, 0.29) is 9.90 Å². The third-order valence-corrected chi connectivity index (χ3v) is 8.60. The second-order valence-electron chi connectivity index (χ2n) is 8.63. The summed E-state index contributed by atoms with van der Waals surface area (Å²) in [5.74, 6) is -0.500. The summed E-state index contributed by atoms with van der Waals surface area (Å²) in [7, 11) is 0.179. The molecular weight excluding hydrogens is 524 g/mol. The largest absolute Gasteiger partial charge is 0.465 e. The number of aromatic nitrogens is 1. The van der Waals surface area contributed by atoms with E-state index < -0.39 is 22.0 Å². The number of benzene rings is 2. The van der Waals surface area contributed by atoms with Gasteiger partial charge >= 0.3 is 6.09 Å². The Hall–Kier alpha value is -4.19. The number of carboxylic acid groups (broad SMARTS) is 1. The molecule has 0 saturated heterocycles. The number of carbonyl (C=O) groups excluding carboxylic acids is 1. The maximum Gasteiger partial charge on any atom is 0.409 e. The molecule has 3 N–H and O–H groups in total. The highest BCUT2D eigenvalue weighted by Crippen LogP contribution is 2.32. The maximum absolute atomic E-state index is 13.2. The number of anilines is 2. The Morgan fingerprint density at radius 3 is 2.45 bits per heavy atom. The van der Waals surface area contributed by atoms with Crippen LogP contribution in [0.25, 0.3) is 16.5 Å². The first-order valence-electron chi connectivity index (χ1n) is 11.5. The standard InChI is InChI=1S/C27H26N4O5S2/c1-30(2)17-20-6-5-7-21(16-20)24-11-13-26(37-24)38(35,36)31-15-14-19(18-31)10-12-25(32)28-22-8-3-4-9-23(22)29-27(33)34/h3-16,18,29H,17H2,1-2H3,(H,28,32)(H,33,34)/b12-10+. The van der Waals surface area contributed by atoms with E-state index in [9.17, 15) is 18.0 Å². The number of nitrogens with one attached hydrogen (secondary N) is 2. The molecule has 0 bridgehead atoms. The van der Waals surface area contributed by atoms with Gasteiger partial charge in [-0.2, -0.15) is 8.42 Å². The first kappa shape index (κ1) is 26.9. The van der Waals surface area contributed by atoms with Crippen molar-refractivity contribution in [3.63, 3.8) is 0 Å². The minimum absolute atomic E-state index is 0.205. The van der Waals surface area contributed by atoms with Crippen LogP contribution in [0.2, 0.25) is 0 Å². The molecule has 2 aromatic carbocycles. The van der Waals surface area contributed by atoms with Gasteiger partial charge < -0.3 is 15.3 Å². The van der Waals surface area contributed by atoms with Crippen LogP contribution in [-0.2, 0) is 21.4 Å². The molecule has 2 amide bonds. The molecule has 0 aliphatic carbocycles. The Morgan fingerprint density at radius 1 is 1.00 bits per heavy atom. The first-order chi connectivity index (χ1) is 18.1. The fourth-order valence-corrected chi connectivity index (χ4v) is 6.32. The number of carbonyl (C=O) groups is 2. The number of nitrogens with zero attached hydrogens (tertiary/aromatic N) is 2. The van der Waals surface area contributed by atoms with Crippen molar-refractivity contribution >= 4 is 50.8 Å². The summed E-state index contributed by atoms with van der Waals surface area (Å²) in [6, 6.07) is 19.4. The van der Waals surface area contributed by atoms with E-state index in [0.29, 0.717) is 11.3 Å². The summed E-state index contributed by atoms with van der Waals surface area (Å²) >= 11 is 1.20. The fourth-order valence-electron chi connectivity index (χ4n) is 3.71. The molecule has 0 spiro atoms. The van der Waals surface area contributed by atoms with Crippen LogP contribution in [0.3, 0.4) is 0 Å². The Morgan fingerprint density at radius 2 is 1.74 bits per heavy atom. The second-order valence-corrected chi connectivity index (χ2v) is 11.8. The summed E-state index contributed by atoms with van der Waals surface area (Å²) in [6.45, 7) is 0.786. The highest BCUT2D eigenvalue weighted by Gasteiger charge is 2.20. The minimum atomic E-state index is -3.81. The van der Waals surface area contributed by atoms with Gasteiger partial charge in [0.2, 0.25) is 5.91 Å². The predicted molar refractivity (Wildman–Crippen MR) is 150 cm³/mol. The van der Waals surface area contributed by atoms with Crippen molar-refractivity contribution in [3.8, 4) is 10.4 Å².